The van der Waals surface area contributed by atoms with Crippen LogP contribution in [-0.2, 0) is 6.54 Å². The predicted octanol–water partition coefficient (Wildman–Crippen LogP) is 3.74. The van der Waals surface area contributed by atoms with Gasteiger partial charge in [0.25, 0.3) is 0 Å². The van der Waals surface area contributed by atoms with E-state index in [0.717, 1.165) is 17.9 Å². The molecule has 2 unspecified atom stereocenters. The zero-order chi connectivity index (χ0) is 13.8. The van der Waals surface area contributed by atoms with Gasteiger partial charge in [0.05, 0.1) is 0 Å². The van der Waals surface area contributed by atoms with Gasteiger partial charge in [0.1, 0.15) is 0 Å². The topological polar surface area (TPSA) is 15.3 Å². The quantitative estimate of drug-likeness (QED) is 0.823. The average molecular weight is 292 g/mol. The van der Waals surface area contributed by atoms with E-state index in [1.165, 1.54) is 63.2 Å². The number of nitrogens with zero attached hydrogens (tertiary/aromatic N) is 1. The Balaban J connectivity index is 1.46. The molecule has 0 amide bonds. The first-order valence-corrected chi connectivity index (χ1v) is 9.18. The molecule has 1 N–H and O–H groups in total. The summed E-state index contributed by atoms with van der Waals surface area (Å²) in [6.45, 7) is 7.41. The van der Waals surface area contributed by atoms with Crippen LogP contribution in [0.25, 0.3) is 0 Å². The van der Waals surface area contributed by atoms with E-state index in [2.05, 4.69) is 34.7 Å². The third kappa shape index (κ3) is 4.06. The first-order chi connectivity index (χ1) is 9.83. The highest BCUT2D eigenvalue weighted by atomic mass is 32.1. The lowest BCUT2D eigenvalue weighted by atomic mass is 9.85. The van der Waals surface area contributed by atoms with Gasteiger partial charge in [-0.3, -0.25) is 4.90 Å². The molecule has 20 heavy (non-hydrogen) atoms. The molecule has 1 saturated heterocycles. The lowest BCUT2D eigenvalue weighted by molar-refractivity contribution is 0.202. The maximum Gasteiger partial charge on any atom is 0.0330 e. The van der Waals surface area contributed by atoms with Gasteiger partial charge in [-0.15, -0.1) is 11.3 Å². The number of hydrogen-bond acceptors (Lipinski definition) is 3. The highest BCUT2D eigenvalue weighted by Gasteiger charge is 2.30. The van der Waals surface area contributed by atoms with Crippen molar-refractivity contribution in [1.82, 2.24) is 10.2 Å². The van der Waals surface area contributed by atoms with Gasteiger partial charge in [-0.1, -0.05) is 13.0 Å². The molecule has 1 saturated carbocycles. The van der Waals surface area contributed by atoms with Crippen molar-refractivity contribution in [2.75, 3.05) is 19.6 Å². The van der Waals surface area contributed by atoms with E-state index in [1.54, 1.807) is 0 Å². The van der Waals surface area contributed by atoms with Crippen LogP contribution in [0.3, 0.4) is 0 Å². The zero-order valence-electron chi connectivity index (χ0n) is 12.7. The van der Waals surface area contributed by atoms with Crippen LogP contribution >= 0.6 is 11.3 Å². The molecule has 0 aromatic carbocycles. The van der Waals surface area contributed by atoms with Crippen molar-refractivity contribution >= 4 is 11.3 Å². The van der Waals surface area contributed by atoms with Crippen LogP contribution in [0.5, 0.6) is 0 Å². The Morgan fingerprint density at radius 2 is 2.30 bits per heavy atom. The van der Waals surface area contributed by atoms with E-state index in [4.69, 9.17) is 0 Å². The van der Waals surface area contributed by atoms with Crippen LogP contribution in [0, 0.1) is 11.8 Å². The third-order valence-electron chi connectivity index (χ3n) is 5.01. The number of piperidine rings is 1. The highest BCUT2D eigenvalue weighted by molar-refractivity contribution is 7.09. The molecule has 1 aromatic rings. The molecule has 1 aliphatic heterocycles. The lowest BCUT2D eigenvalue weighted by Gasteiger charge is -2.30. The van der Waals surface area contributed by atoms with Gasteiger partial charge in [-0.05, 0) is 75.0 Å². The molecule has 2 heterocycles. The molecule has 0 radical (unpaired) electrons. The van der Waals surface area contributed by atoms with Gasteiger partial charge in [-0.2, -0.15) is 0 Å². The van der Waals surface area contributed by atoms with Crippen molar-refractivity contribution in [3.63, 3.8) is 0 Å². The van der Waals surface area contributed by atoms with Crippen LogP contribution in [0.4, 0.5) is 0 Å². The maximum atomic E-state index is 3.56. The fourth-order valence-corrected chi connectivity index (χ4v) is 4.13. The van der Waals surface area contributed by atoms with E-state index >= 15 is 0 Å². The Kier molecular flexibility index (Phi) is 5.14. The number of hydrogen-bond donors (Lipinski definition) is 1. The first kappa shape index (κ1) is 14.6. The van der Waals surface area contributed by atoms with Crippen LogP contribution in [0.15, 0.2) is 17.5 Å². The van der Waals surface area contributed by atoms with Gasteiger partial charge in [-0.25, -0.2) is 0 Å². The van der Waals surface area contributed by atoms with E-state index in [0.29, 0.717) is 0 Å². The summed E-state index contributed by atoms with van der Waals surface area (Å²) in [6.07, 6.45) is 7.02. The van der Waals surface area contributed by atoms with Gasteiger partial charge in [0, 0.05) is 17.5 Å². The standard InChI is InChI=1S/C17H28N2S/c1-14(15-4-2-9-18-12-15)8-10-19(16-6-7-16)13-17-5-3-11-20-17/h3,5,11,14-16,18H,2,4,6-10,12-13H2,1H3. The van der Waals surface area contributed by atoms with E-state index in [9.17, 15) is 0 Å². The normalized spacial score (nSPS) is 25.0. The summed E-state index contributed by atoms with van der Waals surface area (Å²) < 4.78 is 0. The van der Waals surface area contributed by atoms with Gasteiger partial charge >= 0.3 is 0 Å². The summed E-state index contributed by atoms with van der Waals surface area (Å²) in [4.78, 5) is 4.27. The molecule has 1 aliphatic carbocycles. The minimum absolute atomic E-state index is 0.868. The Hall–Kier alpha value is -0.380. The summed E-state index contributed by atoms with van der Waals surface area (Å²) in [6, 6.07) is 5.35. The molecule has 2 fully saturated rings. The summed E-state index contributed by atoms with van der Waals surface area (Å²) in [5.74, 6) is 1.78. The summed E-state index contributed by atoms with van der Waals surface area (Å²) >= 11 is 1.91. The Morgan fingerprint density at radius 1 is 1.40 bits per heavy atom. The van der Waals surface area contributed by atoms with Crippen molar-refractivity contribution in [3.8, 4) is 0 Å². The maximum absolute atomic E-state index is 3.56. The monoisotopic (exact) mass is 292 g/mol. The van der Waals surface area contributed by atoms with Gasteiger partial charge < -0.3 is 5.32 Å². The summed E-state index contributed by atoms with van der Waals surface area (Å²) in [7, 11) is 0. The molecular formula is C17H28N2S. The largest absolute Gasteiger partial charge is 0.316 e. The second-order valence-electron chi connectivity index (χ2n) is 6.65. The van der Waals surface area contributed by atoms with Crippen molar-refractivity contribution < 1.29 is 0 Å². The third-order valence-corrected chi connectivity index (χ3v) is 5.87. The van der Waals surface area contributed by atoms with Crippen molar-refractivity contribution in [3.05, 3.63) is 22.4 Å². The first-order valence-electron chi connectivity index (χ1n) is 8.30. The van der Waals surface area contributed by atoms with Crippen LogP contribution in [-0.4, -0.2) is 30.6 Å². The smallest absolute Gasteiger partial charge is 0.0330 e. The number of nitrogens with one attached hydrogen (secondary N) is 1. The lowest BCUT2D eigenvalue weighted by Crippen LogP contribution is -2.35. The average Bonchev–Trinajstić information content (AvgIpc) is 3.21. The number of rotatable bonds is 7. The molecule has 112 valence electrons. The fourth-order valence-electron chi connectivity index (χ4n) is 3.40. The molecule has 0 spiro atoms. The molecule has 2 atom stereocenters. The van der Waals surface area contributed by atoms with E-state index in [-0.39, 0.29) is 0 Å². The Bertz CT molecular complexity index is 380. The molecule has 1 aromatic heterocycles. The SMILES string of the molecule is CC(CCN(Cc1cccs1)C1CC1)C1CCCNC1. The second-order valence-corrected chi connectivity index (χ2v) is 7.69. The zero-order valence-corrected chi connectivity index (χ0v) is 13.5. The predicted molar refractivity (Wildman–Crippen MR) is 87.1 cm³/mol. The number of thiophene rings is 1. The Morgan fingerprint density at radius 3 is 2.95 bits per heavy atom. The van der Waals surface area contributed by atoms with E-state index in [1.807, 2.05) is 11.3 Å². The van der Waals surface area contributed by atoms with Gasteiger partial charge in [0.15, 0.2) is 0 Å². The van der Waals surface area contributed by atoms with Crippen molar-refractivity contribution in [2.24, 2.45) is 11.8 Å². The summed E-state index contributed by atoms with van der Waals surface area (Å²) in [5, 5.41) is 5.77. The van der Waals surface area contributed by atoms with Crippen LogP contribution in [0.2, 0.25) is 0 Å². The van der Waals surface area contributed by atoms with E-state index < -0.39 is 0 Å². The minimum Gasteiger partial charge on any atom is -0.316 e. The molecule has 3 rings (SSSR count). The van der Waals surface area contributed by atoms with Crippen LogP contribution in [0.1, 0.15) is 43.9 Å². The summed E-state index contributed by atoms with van der Waals surface area (Å²) in [5.41, 5.74) is 0. The fraction of sp³-hybridized carbons (Fsp3) is 0.765. The molecule has 2 aliphatic rings. The van der Waals surface area contributed by atoms with Crippen LogP contribution < -0.4 is 5.32 Å². The van der Waals surface area contributed by atoms with Gasteiger partial charge in [0.2, 0.25) is 0 Å². The second kappa shape index (κ2) is 7.06. The highest BCUT2D eigenvalue weighted by Crippen LogP contribution is 2.31. The van der Waals surface area contributed by atoms with Crippen molar-refractivity contribution in [2.45, 2.75) is 51.6 Å². The molecule has 2 nitrogen and oxygen atoms in total. The molecular weight excluding hydrogens is 264 g/mol. The molecule has 0 bridgehead atoms. The Labute approximate surface area is 127 Å². The minimum atomic E-state index is 0.868. The molecule has 3 heteroatoms. The van der Waals surface area contributed by atoms with Crippen molar-refractivity contribution in [1.29, 1.82) is 0 Å².